The molecular formula is C21H21NO2. The van der Waals surface area contributed by atoms with E-state index in [9.17, 15) is 5.11 Å². The third kappa shape index (κ3) is 2.61. The molecular weight excluding hydrogens is 298 g/mol. The fourth-order valence-electron chi connectivity index (χ4n) is 3.53. The van der Waals surface area contributed by atoms with Gasteiger partial charge in [-0.1, -0.05) is 42.5 Å². The predicted molar refractivity (Wildman–Crippen MR) is 96.4 cm³/mol. The van der Waals surface area contributed by atoms with Crippen LogP contribution in [0.3, 0.4) is 0 Å². The van der Waals surface area contributed by atoms with Crippen molar-refractivity contribution in [2.45, 2.75) is 19.0 Å². The number of phenolic OH excluding ortho intramolecular Hbond substituents is 1. The van der Waals surface area contributed by atoms with Gasteiger partial charge in [0.05, 0.1) is 7.11 Å². The van der Waals surface area contributed by atoms with Crippen LogP contribution in [0.1, 0.15) is 23.6 Å². The molecule has 1 N–H and O–H groups in total. The second-order valence-electron chi connectivity index (χ2n) is 6.34. The maximum Gasteiger partial charge on any atom is 0.120 e. The van der Waals surface area contributed by atoms with E-state index in [1.807, 2.05) is 24.3 Å². The Morgan fingerprint density at radius 2 is 1.88 bits per heavy atom. The Balaban J connectivity index is 1.68. The number of aromatic hydroxyl groups is 1. The number of nitrogens with zero attached hydrogens (tertiary/aromatic N) is 1. The summed E-state index contributed by atoms with van der Waals surface area (Å²) in [5.74, 6) is 1.17. The number of likely N-dealkylation sites (tertiary alicyclic amines) is 1. The van der Waals surface area contributed by atoms with Crippen LogP contribution in [0.25, 0.3) is 10.8 Å². The number of hydrogen-bond acceptors (Lipinski definition) is 3. The number of fused-ring (bicyclic) bond motifs is 1. The molecule has 24 heavy (non-hydrogen) atoms. The zero-order valence-electron chi connectivity index (χ0n) is 13.8. The summed E-state index contributed by atoms with van der Waals surface area (Å²) in [6.07, 6.45) is 1.17. The van der Waals surface area contributed by atoms with E-state index in [1.165, 1.54) is 12.0 Å². The van der Waals surface area contributed by atoms with Gasteiger partial charge in [-0.15, -0.1) is 0 Å². The van der Waals surface area contributed by atoms with Crippen LogP contribution in [0.2, 0.25) is 0 Å². The molecule has 0 amide bonds. The molecule has 1 atom stereocenters. The third-order valence-electron chi connectivity index (χ3n) is 4.99. The molecule has 0 spiro atoms. The maximum absolute atomic E-state index is 10.4. The van der Waals surface area contributed by atoms with Gasteiger partial charge in [-0.2, -0.15) is 0 Å². The van der Waals surface area contributed by atoms with Crippen molar-refractivity contribution in [2.75, 3.05) is 13.7 Å². The molecule has 1 aliphatic heterocycles. The van der Waals surface area contributed by atoms with Gasteiger partial charge in [0.15, 0.2) is 0 Å². The van der Waals surface area contributed by atoms with E-state index in [-0.39, 0.29) is 0 Å². The molecule has 3 aromatic carbocycles. The number of benzene rings is 3. The van der Waals surface area contributed by atoms with Crippen molar-refractivity contribution in [1.29, 1.82) is 0 Å². The quantitative estimate of drug-likeness (QED) is 0.768. The first kappa shape index (κ1) is 15.0. The second-order valence-corrected chi connectivity index (χ2v) is 6.34. The van der Waals surface area contributed by atoms with Crippen molar-refractivity contribution in [3.8, 4) is 11.5 Å². The van der Waals surface area contributed by atoms with Crippen LogP contribution in [-0.4, -0.2) is 23.7 Å². The van der Waals surface area contributed by atoms with Crippen LogP contribution < -0.4 is 4.74 Å². The van der Waals surface area contributed by atoms with Gasteiger partial charge in [-0.25, -0.2) is 0 Å². The van der Waals surface area contributed by atoms with E-state index in [0.29, 0.717) is 11.8 Å². The van der Waals surface area contributed by atoms with Gasteiger partial charge in [0.1, 0.15) is 11.5 Å². The van der Waals surface area contributed by atoms with Crippen molar-refractivity contribution < 1.29 is 9.84 Å². The number of ether oxygens (including phenoxy) is 1. The van der Waals surface area contributed by atoms with Gasteiger partial charge < -0.3 is 9.84 Å². The van der Waals surface area contributed by atoms with E-state index in [1.54, 1.807) is 13.2 Å². The van der Waals surface area contributed by atoms with Crippen molar-refractivity contribution in [2.24, 2.45) is 0 Å². The Morgan fingerprint density at radius 3 is 2.58 bits per heavy atom. The largest absolute Gasteiger partial charge is 0.508 e. The number of methoxy groups -OCH3 is 1. The highest BCUT2D eigenvalue weighted by Gasteiger charge is 2.30. The van der Waals surface area contributed by atoms with Crippen molar-refractivity contribution >= 4 is 10.8 Å². The van der Waals surface area contributed by atoms with Gasteiger partial charge in [0.25, 0.3) is 0 Å². The topological polar surface area (TPSA) is 32.7 Å². The van der Waals surface area contributed by atoms with Crippen LogP contribution in [-0.2, 0) is 6.54 Å². The normalized spacial score (nSPS) is 17.6. The molecule has 0 saturated carbocycles. The molecule has 1 saturated heterocycles. The zero-order chi connectivity index (χ0) is 16.5. The highest BCUT2D eigenvalue weighted by Crippen LogP contribution is 2.38. The lowest BCUT2D eigenvalue weighted by Crippen LogP contribution is -2.40. The average molecular weight is 319 g/mol. The molecule has 1 heterocycles. The fraction of sp³-hybridized carbons (Fsp3) is 0.238. The van der Waals surface area contributed by atoms with Crippen molar-refractivity contribution in [1.82, 2.24) is 4.90 Å². The summed E-state index contributed by atoms with van der Waals surface area (Å²) in [4.78, 5) is 2.42. The lowest BCUT2D eigenvalue weighted by atomic mass is 9.93. The van der Waals surface area contributed by atoms with Crippen molar-refractivity contribution in [3.63, 3.8) is 0 Å². The van der Waals surface area contributed by atoms with Crippen LogP contribution in [0.4, 0.5) is 0 Å². The molecule has 1 fully saturated rings. The fourth-order valence-corrected chi connectivity index (χ4v) is 3.53. The van der Waals surface area contributed by atoms with Gasteiger partial charge in [-0.3, -0.25) is 4.90 Å². The van der Waals surface area contributed by atoms with E-state index >= 15 is 0 Å². The average Bonchev–Trinajstić information content (AvgIpc) is 2.60. The molecule has 0 aliphatic carbocycles. The summed E-state index contributed by atoms with van der Waals surface area (Å²) >= 11 is 0. The molecule has 122 valence electrons. The van der Waals surface area contributed by atoms with Crippen LogP contribution in [0.5, 0.6) is 11.5 Å². The Kier molecular flexibility index (Phi) is 3.87. The van der Waals surface area contributed by atoms with Gasteiger partial charge in [0.2, 0.25) is 0 Å². The Hall–Kier alpha value is -2.52. The molecule has 0 unspecified atom stereocenters. The molecule has 0 bridgehead atoms. The molecule has 3 nitrogen and oxygen atoms in total. The molecule has 3 aromatic rings. The van der Waals surface area contributed by atoms with E-state index < -0.39 is 0 Å². The smallest absolute Gasteiger partial charge is 0.120 e. The van der Waals surface area contributed by atoms with Crippen molar-refractivity contribution in [3.05, 3.63) is 71.8 Å². The molecule has 4 rings (SSSR count). The Bertz CT molecular complexity index is 860. The van der Waals surface area contributed by atoms with Gasteiger partial charge >= 0.3 is 0 Å². The minimum absolute atomic E-state index is 0.356. The molecule has 3 heteroatoms. The summed E-state index contributed by atoms with van der Waals surface area (Å²) in [6, 6.07) is 20.8. The van der Waals surface area contributed by atoms with E-state index in [4.69, 9.17) is 4.74 Å². The summed E-state index contributed by atoms with van der Waals surface area (Å²) in [5, 5.41) is 12.6. The second kappa shape index (κ2) is 6.17. The third-order valence-corrected chi connectivity index (χ3v) is 4.99. The highest BCUT2D eigenvalue weighted by atomic mass is 16.5. The SMILES string of the molecule is COc1ccc2ccc(O)c(CN3CC[C@@H]3c3ccccc3)c2c1. The molecule has 0 aromatic heterocycles. The highest BCUT2D eigenvalue weighted by molar-refractivity contribution is 5.89. The number of hydrogen-bond donors (Lipinski definition) is 1. The lowest BCUT2D eigenvalue weighted by Gasteiger charge is -2.41. The van der Waals surface area contributed by atoms with Crippen LogP contribution in [0, 0.1) is 0 Å². The minimum Gasteiger partial charge on any atom is -0.508 e. The zero-order valence-corrected chi connectivity index (χ0v) is 13.8. The molecule has 0 radical (unpaired) electrons. The standard InChI is InChI=1S/C21H21NO2/c1-24-17-9-7-15-8-10-21(23)19(18(15)13-17)14-22-12-11-20(22)16-5-3-2-4-6-16/h2-10,13,20,23H,11-12,14H2,1H3/t20-/m1/s1. The first-order valence-corrected chi connectivity index (χ1v) is 8.34. The number of phenols is 1. The maximum atomic E-state index is 10.4. The first-order chi connectivity index (χ1) is 11.8. The molecule has 1 aliphatic rings. The minimum atomic E-state index is 0.356. The predicted octanol–water partition coefficient (Wildman–Crippen LogP) is 4.50. The number of rotatable bonds is 4. The van der Waals surface area contributed by atoms with E-state index in [2.05, 4.69) is 35.2 Å². The Morgan fingerprint density at radius 1 is 1.08 bits per heavy atom. The van der Waals surface area contributed by atoms with Gasteiger partial charge in [0, 0.05) is 24.7 Å². The summed E-state index contributed by atoms with van der Waals surface area (Å²) < 4.78 is 5.36. The summed E-state index contributed by atoms with van der Waals surface area (Å²) in [7, 11) is 1.67. The van der Waals surface area contributed by atoms with Crippen LogP contribution in [0.15, 0.2) is 60.7 Å². The first-order valence-electron chi connectivity index (χ1n) is 8.34. The summed E-state index contributed by atoms with van der Waals surface area (Å²) in [5.41, 5.74) is 2.33. The van der Waals surface area contributed by atoms with Gasteiger partial charge in [-0.05, 0) is 41.0 Å². The van der Waals surface area contributed by atoms with Crippen LogP contribution >= 0.6 is 0 Å². The summed E-state index contributed by atoms with van der Waals surface area (Å²) in [6.45, 7) is 1.80. The Labute approximate surface area is 142 Å². The monoisotopic (exact) mass is 319 g/mol. The van der Waals surface area contributed by atoms with E-state index in [0.717, 1.165) is 35.2 Å². The lowest BCUT2D eigenvalue weighted by molar-refractivity contribution is 0.0815.